The van der Waals surface area contributed by atoms with Gasteiger partial charge >= 0.3 is 5.97 Å². The van der Waals surface area contributed by atoms with Crippen molar-refractivity contribution in [2.45, 2.75) is 11.8 Å². The fraction of sp³-hybridized carbons (Fsp3) is 0.167. The van der Waals surface area contributed by atoms with Crippen LogP contribution >= 0.6 is 27.5 Å². The Balaban J connectivity index is 3.26. The SMILES string of the molecule is CC(Br)C(=O)c1cccc(Cl)c1C=CC(=O)O. The molecule has 0 aliphatic heterocycles. The standard InChI is InChI=1S/C12H10BrClO3/c1-7(13)12(17)9-3-2-4-10(14)8(9)5-6-11(15)16/h2-7H,1H3,(H,15,16). The van der Waals surface area contributed by atoms with Gasteiger partial charge in [-0.05, 0) is 19.1 Å². The highest BCUT2D eigenvalue weighted by Gasteiger charge is 2.16. The number of alkyl halides is 1. The minimum absolute atomic E-state index is 0.141. The second kappa shape index (κ2) is 5.98. The van der Waals surface area contributed by atoms with E-state index in [0.29, 0.717) is 16.1 Å². The van der Waals surface area contributed by atoms with Crippen LogP contribution in [0.1, 0.15) is 22.8 Å². The second-order valence-corrected chi connectivity index (χ2v) is 5.13. The Morgan fingerprint density at radius 1 is 1.47 bits per heavy atom. The van der Waals surface area contributed by atoms with Gasteiger partial charge in [-0.25, -0.2) is 4.79 Å². The van der Waals surface area contributed by atoms with Crippen LogP contribution < -0.4 is 0 Å². The molecule has 0 spiro atoms. The lowest BCUT2D eigenvalue weighted by molar-refractivity contribution is -0.131. The first-order chi connectivity index (χ1) is 7.93. The molecule has 1 atom stereocenters. The molecular weight excluding hydrogens is 307 g/mol. The summed E-state index contributed by atoms with van der Waals surface area (Å²) in [5.41, 5.74) is 0.826. The molecule has 0 saturated carbocycles. The van der Waals surface area contributed by atoms with E-state index in [1.165, 1.54) is 6.08 Å². The molecule has 1 aromatic rings. The van der Waals surface area contributed by atoms with Crippen molar-refractivity contribution in [3.05, 3.63) is 40.4 Å². The highest BCUT2D eigenvalue weighted by molar-refractivity contribution is 9.10. The molecule has 0 bridgehead atoms. The number of carbonyl (C=O) groups excluding carboxylic acids is 1. The quantitative estimate of drug-likeness (QED) is 0.526. The van der Waals surface area contributed by atoms with Gasteiger partial charge in [0.15, 0.2) is 5.78 Å². The molecule has 3 nitrogen and oxygen atoms in total. The average molecular weight is 318 g/mol. The summed E-state index contributed by atoms with van der Waals surface area (Å²) in [5.74, 6) is -1.23. The van der Waals surface area contributed by atoms with Crippen molar-refractivity contribution in [3.8, 4) is 0 Å². The third-order valence-electron chi connectivity index (χ3n) is 2.07. The lowest BCUT2D eigenvalue weighted by atomic mass is 10.0. The Morgan fingerprint density at radius 3 is 2.65 bits per heavy atom. The fourth-order valence-corrected chi connectivity index (χ4v) is 1.77. The van der Waals surface area contributed by atoms with Gasteiger partial charge in [0.25, 0.3) is 0 Å². The molecule has 0 heterocycles. The highest BCUT2D eigenvalue weighted by Crippen LogP contribution is 2.24. The number of carboxylic acid groups (broad SMARTS) is 1. The number of halogens is 2. The van der Waals surface area contributed by atoms with E-state index in [0.717, 1.165) is 6.08 Å². The zero-order valence-electron chi connectivity index (χ0n) is 8.98. The molecule has 0 amide bonds. The maximum absolute atomic E-state index is 11.9. The molecule has 1 aromatic carbocycles. The van der Waals surface area contributed by atoms with Crippen LogP contribution in [0.5, 0.6) is 0 Å². The van der Waals surface area contributed by atoms with E-state index in [9.17, 15) is 9.59 Å². The molecule has 90 valence electrons. The van der Waals surface area contributed by atoms with Gasteiger partial charge in [-0.15, -0.1) is 0 Å². The van der Waals surface area contributed by atoms with Crippen LogP contribution in [0.2, 0.25) is 5.02 Å². The van der Waals surface area contributed by atoms with Crippen LogP contribution in [0.3, 0.4) is 0 Å². The number of ketones is 1. The first-order valence-corrected chi connectivity index (χ1v) is 6.10. The normalized spacial score (nSPS) is 12.6. The van der Waals surface area contributed by atoms with Gasteiger partial charge in [0, 0.05) is 22.2 Å². The van der Waals surface area contributed by atoms with Crippen molar-refractivity contribution in [2.75, 3.05) is 0 Å². The van der Waals surface area contributed by atoms with Gasteiger partial charge in [0.1, 0.15) is 0 Å². The van der Waals surface area contributed by atoms with Crippen molar-refractivity contribution in [1.82, 2.24) is 0 Å². The van der Waals surface area contributed by atoms with Gasteiger partial charge < -0.3 is 5.11 Å². The molecule has 0 saturated heterocycles. The summed E-state index contributed by atoms with van der Waals surface area (Å²) < 4.78 is 0. The zero-order valence-corrected chi connectivity index (χ0v) is 11.3. The molecule has 0 fully saturated rings. The highest BCUT2D eigenvalue weighted by atomic mass is 79.9. The molecule has 0 aliphatic rings. The summed E-state index contributed by atoms with van der Waals surface area (Å²) in [7, 11) is 0. The van der Waals surface area contributed by atoms with E-state index in [1.807, 2.05) is 0 Å². The van der Waals surface area contributed by atoms with E-state index in [4.69, 9.17) is 16.7 Å². The summed E-state index contributed by atoms with van der Waals surface area (Å²) in [5, 5.41) is 8.93. The largest absolute Gasteiger partial charge is 0.478 e. The Morgan fingerprint density at radius 2 is 2.12 bits per heavy atom. The molecule has 1 N–H and O–H groups in total. The topological polar surface area (TPSA) is 54.4 Å². The van der Waals surface area contributed by atoms with Crippen molar-refractivity contribution in [1.29, 1.82) is 0 Å². The first kappa shape index (κ1) is 13.9. The van der Waals surface area contributed by atoms with Crippen LogP contribution in [0.15, 0.2) is 24.3 Å². The number of aliphatic carboxylic acids is 1. The predicted molar refractivity (Wildman–Crippen MR) is 70.8 cm³/mol. The van der Waals surface area contributed by atoms with Crippen molar-refractivity contribution < 1.29 is 14.7 Å². The molecule has 17 heavy (non-hydrogen) atoms. The minimum atomic E-state index is -1.09. The lowest BCUT2D eigenvalue weighted by Gasteiger charge is -2.08. The smallest absolute Gasteiger partial charge is 0.328 e. The van der Waals surface area contributed by atoms with Crippen LogP contribution in [-0.2, 0) is 4.79 Å². The molecule has 0 aliphatic carbocycles. The Kier molecular flexibility index (Phi) is 4.90. The predicted octanol–water partition coefficient (Wildman–Crippen LogP) is 3.40. The third-order valence-corrected chi connectivity index (χ3v) is 2.82. The van der Waals surface area contributed by atoms with E-state index in [2.05, 4.69) is 15.9 Å². The maximum Gasteiger partial charge on any atom is 0.328 e. The van der Waals surface area contributed by atoms with E-state index >= 15 is 0 Å². The number of rotatable bonds is 4. The molecule has 1 unspecified atom stereocenters. The number of benzene rings is 1. The second-order valence-electron chi connectivity index (χ2n) is 3.35. The number of hydrogen-bond donors (Lipinski definition) is 1. The lowest BCUT2D eigenvalue weighted by Crippen LogP contribution is -2.11. The number of carboxylic acids is 1. The van der Waals surface area contributed by atoms with Crippen molar-refractivity contribution in [3.63, 3.8) is 0 Å². The molecule has 0 aromatic heterocycles. The minimum Gasteiger partial charge on any atom is -0.478 e. The average Bonchev–Trinajstić information content (AvgIpc) is 2.25. The van der Waals surface area contributed by atoms with Gasteiger partial charge in [-0.1, -0.05) is 39.7 Å². The number of carbonyl (C=O) groups is 2. The molecule has 5 heteroatoms. The summed E-state index contributed by atoms with van der Waals surface area (Å²) in [6.07, 6.45) is 2.28. The van der Waals surface area contributed by atoms with Crippen LogP contribution in [0.25, 0.3) is 6.08 Å². The maximum atomic E-state index is 11.9. The number of hydrogen-bond acceptors (Lipinski definition) is 2. The van der Waals surface area contributed by atoms with Crippen LogP contribution in [0.4, 0.5) is 0 Å². The van der Waals surface area contributed by atoms with Crippen LogP contribution in [0, 0.1) is 0 Å². The Hall–Kier alpha value is -1.13. The first-order valence-electron chi connectivity index (χ1n) is 4.81. The third kappa shape index (κ3) is 3.68. The molecule has 1 rings (SSSR count). The van der Waals surface area contributed by atoms with Gasteiger partial charge in [-0.3, -0.25) is 4.79 Å². The van der Waals surface area contributed by atoms with Gasteiger partial charge in [-0.2, -0.15) is 0 Å². The summed E-state index contributed by atoms with van der Waals surface area (Å²) in [6.45, 7) is 1.70. The Labute approximate surface area is 112 Å². The summed E-state index contributed by atoms with van der Waals surface area (Å²) in [4.78, 5) is 22.0. The fourth-order valence-electron chi connectivity index (χ4n) is 1.29. The summed E-state index contributed by atoms with van der Waals surface area (Å²) in [6, 6.07) is 4.88. The summed E-state index contributed by atoms with van der Waals surface area (Å²) >= 11 is 9.13. The van der Waals surface area contributed by atoms with E-state index in [-0.39, 0.29) is 10.6 Å². The van der Waals surface area contributed by atoms with Crippen LogP contribution in [-0.4, -0.2) is 21.7 Å². The van der Waals surface area contributed by atoms with E-state index < -0.39 is 5.97 Å². The zero-order chi connectivity index (χ0) is 13.0. The van der Waals surface area contributed by atoms with E-state index in [1.54, 1.807) is 25.1 Å². The molecular formula is C12H10BrClO3. The van der Waals surface area contributed by atoms with Crippen molar-refractivity contribution >= 4 is 45.4 Å². The van der Waals surface area contributed by atoms with Crippen molar-refractivity contribution in [2.24, 2.45) is 0 Å². The number of Topliss-reactive ketones (excluding diaryl/α,β-unsaturated/α-hetero) is 1. The van der Waals surface area contributed by atoms with Gasteiger partial charge in [0.05, 0.1) is 4.83 Å². The van der Waals surface area contributed by atoms with Gasteiger partial charge in [0.2, 0.25) is 0 Å². The molecule has 0 radical (unpaired) electrons. The Bertz CT molecular complexity index is 481. The monoisotopic (exact) mass is 316 g/mol.